The second-order valence-corrected chi connectivity index (χ2v) is 4.83. The van der Waals surface area contributed by atoms with E-state index in [0.29, 0.717) is 44.1 Å². The number of ether oxygens (including phenoxy) is 1. The fourth-order valence-electron chi connectivity index (χ4n) is 2.05. The fraction of sp³-hybridized carbons (Fsp3) is 0.400. The highest BCUT2D eigenvalue weighted by atomic mass is 16.5. The van der Waals surface area contributed by atoms with Gasteiger partial charge in [-0.25, -0.2) is 4.85 Å². The molecule has 0 spiro atoms. The maximum absolute atomic E-state index is 11.7. The zero-order valence-corrected chi connectivity index (χ0v) is 11.9. The maximum Gasteiger partial charge on any atom is 0.312 e. The Morgan fingerprint density at radius 1 is 1.19 bits per heavy atom. The lowest BCUT2D eigenvalue weighted by atomic mass is 10.3. The number of piperazine rings is 1. The Bertz CT molecular complexity index is 563. The average molecular weight is 287 g/mol. The molecule has 1 aliphatic rings. The van der Waals surface area contributed by atoms with E-state index in [1.807, 2.05) is 0 Å². The van der Waals surface area contributed by atoms with Gasteiger partial charge in [-0.3, -0.25) is 9.59 Å². The molecule has 1 saturated heterocycles. The summed E-state index contributed by atoms with van der Waals surface area (Å²) in [4.78, 5) is 29.6. The second kappa shape index (κ2) is 6.75. The molecule has 2 amide bonds. The molecule has 1 heterocycles. The van der Waals surface area contributed by atoms with Gasteiger partial charge >= 0.3 is 11.8 Å². The summed E-state index contributed by atoms with van der Waals surface area (Å²) in [6.07, 6.45) is 0.660. The summed E-state index contributed by atoms with van der Waals surface area (Å²) in [5, 5.41) is 0. The lowest BCUT2D eigenvalue weighted by Gasteiger charge is -2.31. The highest BCUT2D eigenvalue weighted by Gasteiger charge is 2.29. The van der Waals surface area contributed by atoms with E-state index >= 15 is 0 Å². The summed E-state index contributed by atoms with van der Waals surface area (Å²) in [6, 6.07) is 6.89. The van der Waals surface area contributed by atoms with Gasteiger partial charge in [-0.1, -0.05) is 12.1 Å². The predicted octanol–water partition coefficient (Wildman–Crippen LogP) is 1.31. The molecular weight excluding hydrogens is 270 g/mol. The first kappa shape index (κ1) is 14.9. The number of likely N-dealkylation sites (N-methyl/N-ethyl adjacent to an activating group) is 1. The molecule has 1 aromatic rings. The largest absolute Gasteiger partial charge is 0.494 e. The summed E-state index contributed by atoms with van der Waals surface area (Å²) in [5.74, 6) is -0.190. The Kier molecular flexibility index (Phi) is 4.77. The standard InChI is InChI=1S/C15H17N3O3/c1-16-12-4-6-13(7-5-12)21-11-3-8-18-10-9-17(2)14(19)15(18)20/h4-7H,3,8-11H2,2H3. The van der Waals surface area contributed by atoms with Crippen LogP contribution in [-0.2, 0) is 9.59 Å². The van der Waals surface area contributed by atoms with E-state index < -0.39 is 11.8 Å². The van der Waals surface area contributed by atoms with Crippen LogP contribution in [-0.4, -0.2) is 54.9 Å². The van der Waals surface area contributed by atoms with Crippen molar-refractivity contribution in [3.05, 3.63) is 35.7 Å². The van der Waals surface area contributed by atoms with E-state index in [2.05, 4.69) is 4.85 Å². The lowest BCUT2D eigenvalue weighted by molar-refractivity contribution is -0.155. The van der Waals surface area contributed by atoms with Crippen molar-refractivity contribution < 1.29 is 14.3 Å². The minimum absolute atomic E-state index is 0.440. The van der Waals surface area contributed by atoms with Crippen molar-refractivity contribution in [3.8, 4) is 5.75 Å². The van der Waals surface area contributed by atoms with Gasteiger partial charge in [-0.15, -0.1) is 0 Å². The van der Waals surface area contributed by atoms with Crippen molar-refractivity contribution in [1.29, 1.82) is 0 Å². The number of amides is 2. The van der Waals surface area contributed by atoms with Crippen LogP contribution < -0.4 is 4.74 Å². The molecule has 1 aliphatic heterocycles. The minimum Gasteiger partial charge on any atom is -0.494 e. The van der Waals surface area contributed by atoms with E-state index in [1.54, 1.807) is 36.2 Å². The van der Waals surface area contributed by atoms with Gasteiger partial charge in [0.05, 0.1) is 13.2 Å². The van der Waals surface area contributed by atoms with Crippen molar-refractivity contribution >= 4 is 17.5 Å². The third kappa shape index (κ3) is 3.72. The molecule has 1 fully saturated rings. The normalized spacial score (nSPS) is 15.0. The summed E-state index contributed by atoms with van der Waals surface area (Å²) in [6.45, 7) is 8.98. The van der Waals surface area contributed by atoms with Crippen molar-refractivity contribution in [1.82, 2.24) is 9.80 Å². The van der Waals surface area contributed by atoms with Crippen LogP contribution in [0.3, 0.4) is 0 Å². The number of hydrogen-bond donors (Lipinski definition) is 0. The molecule has 0 bridgehead atoms. The molecule has 21 heavy (non-hydrogen) atoms. The summed E-state index contributed by atoms with van der Waals surface area (Å²) in [5.41, 5.74) is 0.573. The molecular formula is C15H17N3O3. The number of hydrogen-bond acceptors (Lipinski definition) is 3. The molecule has 0 N–H and O–H groups in total. The number of benzene rings is 1. The molecule has 0 saturated carbocycles. The first-order chi connectivity index (χ1) is 10.1. The van der Waals surface area contributed by atoms with Crippen LogP contribution >= 0.6 is 0 Å². The van der Waals surface area contributed by atoms with E-state index in [1.165, 1.54) is 4.90 Å². The summed E-state index contributed by atoms with van der Waals surface area (Å²) >= 11 is 0. The molecule has 1 aromatic carbocycles. The molecule has 0 atom stereocenters. The molecule has 0 aromatic heterocycles. The third-order valence-corrected chi connectivity index (χ3v) is 3.33. The van der Waals surface area contributed by atoms with Gasteiger partial charge in [0.25, 0.3) is 0 Å². The molecule has 0 radical (unpaired) electrons. The van der Waals surface area contributed by atoms with Crippen LogP contribution in [0.1, 0.15) is 6.42 Å². The molecule has 6 heteroatoms. The highest BCUT2D eigenvalue weighted by molar-refractivity contribution is 6.35. The Morgan fingerprint density at radius 2 is 1.90 bits per heavy atom. The third-order valence-electron chi connectivity index (χ3n) is 3.33. The Balaban J connectivity index is 1.73. The summed E-state index contributed by atoms with van der Waals surface area (Å²) < 4.78 is 5.54. The van der Waals surface area contributed by atoms with Crippen LogP contribution in [0.25, 0.3) is 4.85 Å². The Morgan fingerprint density at radius 3 is 2.57 bits per heavy atom. The zero-order valence-electron chi connectivity index (χ0n) is 11.9. The number of rotatable bonds is 5. The Hall–Kier alpha value is -2.55. The van der Waals surface area contributed by atoms with Gasteiger partial charge in [0.1, 0.15) is 5.75 Å². The smallest absolute Gasteiger partial charge is 0.312 e. The minimum atomic E-state index is -0.447. The van der Waals surface area contributed by atoms with Crippen molar-refractivity contribution in [2.24, 2.45) is 0 Å². The highest BCUT2D eigenvalue weighted by Crippen LogP contribution is 2.17. The van der Waals surface area contributed by atoms with E-state index in [-0.39, 0.29) is 0 Å². The fourth-order valence-corrected chi connectivity index (χ4v) is 2.05. The first-order valence-corrected chi connectivity index (χ1v) is 6.76. The molecule has 2 rings (SSSR count). The monoisotopic (exact) mass is 287 g/mol. The second-order valence-electron chi connectivity index (χ2n) is 4.83. The van der Waals surface area contributed by atoms with Gasteiger partial charge in [-0.05, 0) is 18.6 Å². The predicted molar refractivity (Wildman–Crippen MR) is 77.0 cm³/mol. The van der Waals surface area contributed by atoms with Crippen LogP contribution in [0.5, 0.6) is 5.75 Å². The van der Waals surface area contributed by atoms with E-state index in [4.69, 9.17) is 11.3 Å². The molecule has 110 valence electrons. The maximum atomic E-state index is 11.7. The van der Waals surface area contributed by atoms with Crippen molar-refractivity contribution in [3.63, 3.8) is 0 Å². The van der Waals surface area contributed by atoms with Crippen LogP contribution in [0.15, 0.2) is 24.3 Å². The molecule has 6 nitrogen and oxygen atoms in total. The van der Waals surface area contributed by atoms with Crippen LogP contribution in [0.2, 0.25) is 0 Å². The van der Waals surface area contributed by atoms with E-state index in [0.717, 1.165) is 0 Å². The van der Waals surface area contributed by atoms with Gasteiger partial charge < -0.3 is 14.5 Å². The quantitative estimate of drug-likeness (QED) is 0.466. The zero-order chi connectivity index (χ0) is 15.2. The number of nitrogens with zero attached hydrogens (tertiary/aromatic N) is 3. The lowest BCUT2D eigenvalue weighted by Crippen LogP contribution is -2.53. The molecule has 0 unspecified atom stereocenters. The molecule has 0 aliphatic carbocycles. The Labute approximate surface area is 123 Å². The SMILES string of the molecule is [C-]#[N+]c1ccc(OCCCN2CCN(C)C(=O)C2=O)cc1. The van der Waals surface area contributed by atoms with Gasteiger partial charge in [0.15, 0.2) is 5.69 Å². The van der Waals surface area contributed by atoms with E-state index in [9.17, 15) is 9.59 Å². The first-order valence-electron chi connectivity index (χ1n) is 6.76. The van der Waals surface area contributed by atoms with Crippen molar-refractivity contribution in [2.75, 3.05) is 33.3 Å². The van der Waals surface area contributed by atoms with Crippen LogP contribution in [0, 0.1) is 6.57 Å². The van der Waals surface area contributed by atoms with Gasteiger partial charge in [0.2, 0.25) is 0 Å². The van der Waals surface area contributed by atoms with Crippen LogP contribution in [0.4, 0.5) is 5.69 Å². The summed E-state index contributed by atoms with van der Waals surface area (Å²) in [7, 11) is 1.63. The van der Waals surface area contributed by atoms with Gasteiger partial charge in [-0.2, -0.15) is 0 Å². The number of carbonyl (C=O) groups excluding carboxylic acids is 2. The van der Waals surface area contributed by atoms with Gasteiger partial charge in [0, 0.05) is 26.7 Å². The van der Waals surface area contributed by atoms with Crippen molar-refractivity contribution in [2.45, 2.75) is 6.42 Å². The average Bonchev–Trinajstić information content (AvgIpc) is 2.51. The number of carbonyl (C=O) groups is 2. The topological polar surface area (TPSA) is 54.2 Å².